The lowest BCUT2D eigenvalue weighted by molar-refractivity contribution is 0.211. The van der Waals surface area contributed by atoms with Gasteiger partial charge in [0.1, 0.15) is 0 Å². The molecule has 1 N–H and O–H groups in total. The van der Waals surface area contributed by atoms with Crippen LogP contribution in [0.3, 0.4) is 0 Å². The van der Waals surface area contributed by atoms with Gasteiger partial charge in [0.05, 0.1) is 5.69 Å². The molecule has 1 saturated heterocycles. The molecule has 1 aliphatic rings. The molecule has 5 heteroatoms. The summed E-state index contributed by atoms with van der Waals surface area (Å²) in [4.78, 5) is 21.3. The Morgan fingerprint density at radius 3 is 2.74 bits per heavy atom. The first-order valence-corrected chi connectivity index (χ1v) is 9.44. The van der Waals surface area contributed by atoms with Crippen molar-refractivity contribution >= 4 is 22.5 Å². The molecule has 1 aromatic heterocycles. The van der Waals surface area contributed by atoms with Crippen LogP contribution in [-0.2, 0) is 6.54 Å². The fourth-order valence-corrected chi connectivity index (χ4v) is 3.60. The summed E-state index contributed by atoms with van der Waals surface area (Å²) in [6, 6.07) is 18.3. The van der Waals surface area contributed by atoms with E-state index in [4.69, 9.17) is 0 Å². The van der Waals surface area contributed by atoms with E-state index in [2.05, 4.69) is 39.5 Å². The Hall–Kier alpha value is -2.92. The Morgan fingerprint density at radius 2 is 1.85 bits per heavy atom. The first-order chi connectivity index (χ1) is 13.3. The van der Waals surface area contributed by atoms with E-state index in [1.165, 1.54) is 5.56 Å². The number of amides is 2. The van der Waals surface area contributed by atoms with Crippen molar-refractivity contribution in [2.75, 3.05) is 31.5 Å². The largest absolute Gasteiger partial charge is 0.323 e. The average molecular weight is 360 g/mol. The van der Waals surface area contributed by atoms with Crippen LogP contribution in [0.15, 0.2) is 67.0 Å². The summed E-state index contributed by atoms with van der Waals surface area (Å²) in [5.41, 5.74) is 2.16. The standard InChI is InChI=1S/C22H24N4O/c27-22(24-21-9-4-8-19-16-23-11-10-20(19)21)26-13-5-12-25(14-15-26)17-18-6-2-1-3-7-18/h1-4,6-11,16H,5,12-15,17H2,(H,24,27). The molecular formula is C22H24N4O. The second kappa shape index (κ2) is 8.18. The maximum Gasteiger partial charge on any atom is 0.321 e. The van der Waals surface area contributed by atoms with Crippen molar-refractivity contribution in [3.63, 3.8) is 0 Å². The van der Waals surface area contributed by atoms with Crippen LogP contribution in [-0.4, -0.2) is 47.0 Å². The number of aromatic nitrogens is 1. The number of fused-ring (bicyclic) bond motifs is 1. The third kappa shape index (κ3) is 4.26. The van der Waals surface area contributed by atoms with Gasteiger partial charge >= 0.3 is 6.03 Å². The van der Waals surface area contributed by atoms with E-state index in [9.17, 15) is 4.79 Å². The third-order valence-corrected chi connectivity index (χ3v) is 5.05. The van der Waals surface area contributed by atoms with Crippen LogP contribution in [0.4, 0.5) is 10.5 Å². The van der Waals surface area contributed by atoms with E-state index in [1.54, 1.807) is 6.20 Å². The summed E-state index contributed by atoms with van der Waals surface area (Å²) in [5.74, 6) is 0. The number of urea groups is 1. The molecule has 3 aromatic rings. The number of pyridine rings is 1. The van der Waals surface area contributed by atoms with Gasteiger partial charge in [-0.15, -0.1) is 0 Å². The number of nitrogens with one attached hydrogen (secondary N) is 1. The number of hydrogen-bond donors (Lipinski definition) is 1. The minimum absolute atomic E-state index is 0.0270. The van der Waals surface area contributed by atoms with E-state index in [0.29, 0.717) is 0 Å². The number of carbonyl (C=O) groups excluding carboxylic acids is 1. The van der Waals surface area contributed by atoms with E-state index >= 15 is 0 Å². The minimum Gasteiger partial charge on any atom is -0.323 e. The highest BCUT2D eigenvalue weighted by atomic mass is 16.2. The molecule has 0 radical (unpaired) electrons. The maximum atomic E-state index is 12.8. The predicted molar refractivity (Wildman–Crippen MR) is 109 cm³/mol. The average Bonchev–Trinajstić information content (AvgIpc) is 2.95. The maximum absolute atomic E-state index is 12.8. The van der Waals surface area contributed by atoms with Crippen molar-refractivity contribution in [3.05, 3.63) is 72.6 Å². The first-order valence-electron chi connectivity index (χ1n) is 9.44. The van der Waals surface area contributed by atoms with Crippen molar-refractivity contribution in [1.82, 2.24) is 14.8 Å². The van der Waals surface area contributed by atoms with Gasteiger partial charge in [0.15, 0.2) is 0 Å². The lowest BCUT2D eigenvalue weighted by Gasteiger charge is -2.22. The fourth-order valence-electron chi connectivity index (χ4n) is 3.60. The highest BCUT2D eigenvalue weighted by Crippen LogP contribution is 2.22. The zero-order valence-corrected chi connectivity index (χ0v) is 15.3. The monoisotopic (exact) mass is 360 g/mol. The van der Waals surface area contributed by atoms with Gasteiger partial charge < -0.3 is 10.2 Å². The van der Waals surface area contributed by atoms with Crippen LogP contribution in [0.5, 0.6) is 0 Å². The van der Waals surface area contributed by atoms with E-state index in [0.717, 1.165) is 55.6 Å². The number of nitrogens with zero attached hydrogens (tertiary/aromatic N) is 3. The topological polar surface area (TPSA) is 48.5 Å². The summed E-state index contributed by atoms with van der Waals surface area (Å²) in [6.45, 7) is 4.36. The van der Waals surface area contributed by atoms with E-state index < -0.39 is 0 Å². The molecule has 1 fully saturated rings. The Morgan fingerprint density at radius 1 is 0.963 bits per heavy atom. The molecule has 2 amide bonds. The zero-order valence-electron chi connectivity index (χ0n) is 15.3. The van der Waals surface area contributed by atoms with Crippen LogP contribution in [0.1, 0.15) is 12.0 Å². The van der Waals surface area contributed by atoms with Crippen LogP contribution in [0.2, 0.25) is 0 Å². The normalized spacial score (nSPS) is 15.5. The first kappa shape index (κ1) is 17.5. The molecule has 0 bridgehead atoms. The SMILES string of the molecule is O=C(Nc1cccc2cnccc12)N1CCCN(Cc2ccccc2)CC1. The van der Waals surface area contributed by atoms with Gasteiger partial charge in [-0.3, -0.25) is 9.88 Å². The van der Waals surface area contributed by atoms with Crippen molar-refractivity contribution in [3.8, 4) is 0 Å². The lowest BCUT2D eigenvalue weighted by Crippen LogP contribution is -2.38. The third-order valence-electron chi connectivity index (χ3n) is 5.05. The molecular weight excluding hydrogens is 336 g/mol. The van der Waals surface area contributed by atoms with Gasteiger partial charge in [-0.25, -0.2) is 4.79 Å². The molecule has 138 valence electrons. The quantitative estimate of drug-likeness (QED) is 0.769. The highest BCUT2D eigenvalue weighted by Gasteiger charge is 2.19. The molecule has 0 atom stereocenters. The highest BCUT2D eigenvalue weighted by molar-refractivity contribution is 6.01. The summed E-state index contributed by atoms with van der Waals surface area (Å²) in [7, 11) is 0. The number of rotatable bonds is 3. The Labute approximate surface area is 159 Å². The Bertz CT molecular complexity index is 907. The van der Waals surface area contributed by atoms with Gasteiger partial charge in [0, 0.05) is 55.9 Å². The number of anilines is 1. The molecule has 5 nitrogen and oxygen atoms in total. The molecule has 2 heterocycles. The summed E-state index contributed by atoms with van der Waals surface area (Å²) in [5, 5.41) is 5.13. The van der Waals surface area contributed by atoms with Crippen LogP contribution in [0.25, 0.3) is 10.8 Å². The van der Waals surface area contributed by atoms with Crippen molar-refractivity contribution < 1.29 is 4.79 Å². The second-order valence-electron chi connectivity index (χ2n) is 6.93. The molecule has 0 saturated carbocycles. The van der Waals surface area contributed by atoms with Gasteiger partial charge in [-0.2, -0.15) is 0 Å². The molecule has 0 aliphatic carbocycles. The van der Waals surface area contributed by atoms with Gasteiger partial charge in [0.2, 0.25) is 0 Å². The smallest absolute Gasteiger partial charge is 0.321 e. The van der Waals surface area contributed by atoms with E-state index in [1.807, 2.05) is 41.4 Å². The van der Waals surface area contributed by atoms with Crippen molar-refractivity contribution in [1.29, 1.82) is 0 Å². The van der Waals surface area contributed by atoms with Crippen LogP contribution < -0.4 is 5.32 Å². The molecule has 4 rings (SSSR count). The number of hydrogen-bond acceptors (Lipinski definition) is 3. The zero-order chi connectivity index (χ0) is 18.5. The van der Waals surface area contributed by atoms with Crippen molar-refractivity contribution in [2.24, 2.45) is 0 Å². The molecule has 0 unspecified atom stereocenters. The lowest BCUT2D eigenvalue weighted by atomic mass is 10.1. The Kier molecular flexibility index (Phi) is 5.30. The molecule has 27 heavy (non-hydrogen) atoms. The van der Waals surface area contributed by atoms with Gasteiger partial charge in [-0.1, -0.05) is 42.5 Å². The van der Waals surface area contributed by atoms with E-state index in [-0.39, 0.29) is 6.03 Å². The Balaban J connectivity index is 1.39. The van der Waals surface area contributed by atoms with Crippen LogP contribution in [0, 0.1) is 0 Å². The van der Waals surface area contributed by atoms with Crippen LogP contribution >= 0.6 is 0 Å². The molecule has 1 aliphatic heterocycles. The summed E-state index contributed by atoms with van der Waals surface area (Å²) >= 11 is 0. The number of carbonyl (C=O) groups is 1. The predicted octanol–water partition coefficient (Wildman–Crippen LogP) is 3.97. The molecule has 2 aromatic carbocycles. The second-order valence-corrected chi connectivity index (χ2v) is 6.93. The molecule has 0 spiro atoms. The van der Waals surface area contributed by atoms with Gasteiger partial charge in [-0.05, 0) is 24.1 Å². The van der Waals surface area contributed by atoms with Gasteiger partial charge in [0.25, 0.3) is 0 Å². The fraction of sp³-hybridized carbons (Fsp3) is 0.273. The summed E-state index contributed by atoms with van der Waals surface area (Å²) in [6.07, 6.45) is 4.56. The summed E-state index contributed by atoms with van der Waals surface area (Å²) < 4.78 is 0. The minimum atomic E-state index is -0.0270. The van der Waals surface area contributed by atoms with Crippen molar-refractivity contribution in [2.45, 2.75) is 13.0 Å². The number of benzene rings is 2.